The molecule has 2 aromatic heterocycles. The average molecular weight is 1120 g/mol. The highest BCUT2D eigenvalue weighted by Crippen LogP contribution is 2.50. The number of nitrogens with zero attached hydrogens (tertiary/aromatic N) is 3. The molecule has 0 radical (unpaired) electrons. The lowest BCUT2D eigenvalue weighted by Gasteiger charge is -2.36. The van der Waals surface area contributed by atoms with Crippen LogP contribution in [-0.4, -0.2) is 121 Å². The third kappa shape index (κ3) is 13.4. The molecule has 5 amide bonds. The Kier molecular flexibility index (Phi) is 17.3. The monoisotopic (exact) mass is 1120 g/mol. The lowest BCUT2D eigenvalue weighted by molar-refractivity contribution is -0.137. The first kappa shape index (κ1) is 58.2. The number of carbonyl (C=O) groups excluding carboxylic acids is 6. The topological polar surface area (TPSA) is 186 Å². The molecular formula is C64H87F2N7O8. The molecule has 440 valence electrons. The van der Waals surface area contributed by atoms with Crippen molar-refractivity contribution in [3.05, 3.63) is 71.6 Å². The largest absolute Gasteiger partial charge is 0.444 e. The SMILES string of the molecule is CC(=O)C1CC1.CC(C)(C)OC(=O)N[C@H](C(=O)N1CC[C@@H]2[C@H]1[C@@H](c1c[nH]c3cc(F)ccc13)CN2C(=O)C1CC1)C1CCCCC1.CC(C)(C)OC(=O)N[C@H](C(=O)N1CC[C@H]2CC[C@H](c3c[nH]c4cc(F)ccc34)[C@H]21)C1CCCCC1. The molecule has 8 fully saturated rings. The number of nitrogens with one attached hydrogen (secondary N) is 4. The van der Waals surface area contributed by atoms with E-state index in [4.69, 9.17) is 9.47 Å². The number of alkyl carbamates (subject to hydrolysis) is 2. The van der Waals surface area contributed by atoms with E-state index in [1.807, 2.05) is 69.8 Å². The summed E-state index contributed by atoms with van der Waals surface area (Å²) >= 11 is 0. The third-order valence-electron chi connectivity index (χ3n) is 18.7. The van der Waals surface area contributed by atoms with Crippen LogP contribution >= 0.6 is 0 Å². The molecule has 17 heteroatoms. The number of aromatic nitrogens is 2. The Hall–Kier alpha value is -6.00. The number of hydrogen-bond donors (Lipinski definition) is 4. The number of hydrogen-bond acceptors (Lipinski definition) is 8. The molecular weight excluding hydrogens is 1030 g/mol. The van der Waals surface area contributed by atoms with E-state index in [0.717, 1.165) is 131 Å². The van der Waals surface area contributed by atoms with Crippen LogP contribution in [0.4, 0.5) is 18.4 Å². The van der Waals surface area contributed by atoms with Crippen LogP contribution < -0.4 is 10.6 Å². The molecule has 5 saturated carbocycles. The minimum Gasteiger partial charge on any atom is -0.444 e. The standard InChI is InChI=1S/C31H41FN4O4.C28H38FN3O3.C5H8O/c1-31(2,3)40-30(39)34-26(18-7-5-4-6-8-18)29(38)35-14-13-25-27(35)23(17-36(25)28(37)19-9-10-19)22-16-33-24-15-20(32)11-12-21(22)24;1-28(2,3)35-27(34)31-24(17-7-5-4-6-8-17)26(33)32-14-13-18-9-11-21(25(18)32)22-16-30-23-15-19(29)10-12-20(22)23;1-4(6)5-2-3-5/h11-12,15-16,18-19,23,25-27,33H,4-10,13-14,17H2,1-3H3,(H,34,39);10,12,15-18,21,24-25,30H,4-9,11,13-14H2,1-3H3,(H,31,34);5H,2-3H2,1H3/t23-,25-,26+,27-;18-,21-,24+,25+;/m11./s1. The maximum atomic E-state index is 14.4. The number of fused-ring (bicyclic) bond motifs is 4. The molecule has 15 nitrogen and oxygen atoms in total. The Morgan fingerprint density at radius 1 is 0.556 bits per heavy atom. The van der Waals surface area contributed by atoms with Gasteiger partial charge in [-0.05, 0) is 191 Å². The van der Waals surface area contributed by atoms with E-state index in [-0.39, 0.29) is 77.1 Å². The molecule has 3 saturated heterocycles. The number of ether oxygens (including phenoxy) is 2. The van der Waals surface area contributed by atoms with Crippen LogP contribution in [0.1, 0.15) is 187 Å². The van der Waals surface area contributed by atoms with Crippen LogP contribution in [0.3, 0.4) is 0 Å². The zero-order valence-corrected chi connectivity index (χ0v) is 48.8. The summed E-state index contributed by atoms with van der Waals surface area (Å²) in [6, 6.07) is 8.24. The van der Waals surface area contributed by atoms with Crippen molar-refractivity contribution in [2.45, 2.75) is 217 Å². The van der Waals surface area contributed by atoms with Gasteiger partial charge >= 0.3 is 12.2 Å². The summed E-state index contributed by atoms with van der Waals surface area (Å²) in [6.45, 7) is 14.4. The van der Waals surface area contributed by atoms with Gasteiger partial charge in [-0.3, -0.25) is 19.2 Å². The summed E-state index contributed by atoms with van der Waals surface area (Å²) in [7, 11) is 0. The first-order valence-electron chi connectivity index (χ1n) is 30.6. The van der Waals surface area contributed by atoms with E-state index in [9.17, 15) is 37.5 Å². The van der Waals surface area contributed by atoms with Crippen LogP contribution in [0.25, 0.3) is 21.8 Å². The normalized spacial score (nSPS) is 25.7. The molecule has 5 heterocycles. The molecule has 8 atom stereocenters. The van der Waals surface area contributed by atoms with Gasteiger partial charge in [0.15, 0.2) is 0 Å². The number of amides is 5. The molecule has 2 aromatic carbocycles. The van der Waals surface area contributed by atoms with Gasteiger partial charge in [0.2, 0.25) is 17.7 Å². The molecule has 3 aliphatic heterocycles. The Morgan fingerprint density at radius 3 is 1.48 bits per heavy atom. The van der Waals surface area contributed by atoms with Crippen molar-refractivity contribution in [3.8, 4) is 0 Å². The number of halogens is 2. The predicted molar refractivity (Wildman–Crippen MR) is 306 cm³/mol. The molecule has 8 aliphatic rings. The van der Waals surface area contributed by atoms with Gasteiger partial charge in [-0.25, -0.2) is 18.4 Å². The number of H-pyrrole nitrogens is 2. The Bertz CT molecular complexity index is 2940. The van der Waals surface area contributed by atoms with Crippen molar-refractivity contribution < 1.29 is 47.0 Å². The van der Waals surface area contributed by atoms with E-state index in [1.54, 1.807) is 13.0 Å². The zero-order valence-electron chi connectivity index (χ0n) is 48.8. The number of aromatic amines is 2. The molecule has 0 spiro atoms. The summed E-state index contributed by atoms with van der Waals surface area (Å²) in [5.41, 5.74) is 2.39. The number of likely N-dealkylation sites (tertiary alicyclic amines) is 3. The van der Waals surface area contributed by atoms with Gasteiger partial charge in [0.1, 0.15) is 40.7 Å². The predicted octanol–water partition coefficient (Wildman–Crippen LogP) is 11.9. The average Bonchev–Trinajstić information content (AvgIpc) is 4.24. The van der Waals surface area contributed by atoms with Gasteiger partial charge in [-0.1, -0.05) is 38.5 Å². The summed E-state index contributed by atoms with van der Waals surface area (Å²) in [6.07, 6.45) is 21.0. The quantitative estimate of drug-likeness (QED) is 0.121. The van der Waals surface area contributed by atoms with Gasteiger partial charge in [-0.15, -0.1) is 0 Å². The smallest absolute Gasteiger partial charge is 0.408 e. The van der Waals surface area contributed by atoms with Gasteiger partial charge in [-0.2, -0.15) is 0 Å². The van der Waals surface area contributed by atoms with Gasteiger partial charge < -0.3 is 44.8 Å². The lowest BCUT2D eigenvalue weighted by Crippen LogP contribution is -2.55. The molecule has 4 N–H and O–H groups in total. The number of ketones is 1. The fourth-order valence-corrected chi connectivity index (χ4v) is 14.6. The fraction of sp³-hybridized carbons (Fsp3) is 0.656. The van der Waals surface area contributed by atoms with Crippen molar-refractivity contribution in [1.29, 1.82) is 0 Å². The molecule has 81 heavy (non-hydrogen) atoms. The fourth-order valence-electron chi connectivity index (χ4n) is 14.6. The highest BCUT2D eigenvalue weighted by atomic mass is 19.1. The van der Waals surface area contributed by atoms with Crippen molar-refractivity contribution in [2.75, 3.05) is 19.6 Å². The van der Waals surface area contributed by atoms with E-state index in [1.165, 1.54) is 36.2 Å². The summed E-state index contributed by atoms with van der Waals surface area (Å²) in [5.74, 6) is 1.25. The number of Topliss-reactive ketones (excluding diaryl/α,β-unsaturated/α-hetero) is 1. The van der Waals surface area contributed by atoms with Gasteiger partial charge in [0.25, 0.3) is 0 Å². The second-order valence-electron chi connectivity index (χ2n) is 26.8. The van der Waals surface area contributed by atoms with Crippen LogP contribution in [0.5, 0.6) is 0 Å². The van der Waals surface area contributed by atoms with Crippen LogP contribution in [0.2, 0.25) is 0 Å². The number of benzene rings is 2. The Morgan fingerprint density at radius 2 is 1.02 bits per heavy atom. The highest BCUT2D eigenvalue weighted by Gasteiger charge is 2.56. The van der Waals surface area contributed by atoms with Crippen molar-refractivity contribution in [2.24, 2.45) is 29.6 Å². The van der Waals surface area contributed by atoms with Gasteiger partial charge in [0, 0.05) is 83.5 Å². The third-order valence-corrected chi connectivity index (χ3v) is 18.7. The van der Waals surface area contributed by atoms with Gasteiger partial charge in [0.05, 0.1) is 12.1 Å². The first-order chi connectivity index (χ1) is 38.6. The molecule has 12 rings (SSSR count). The zero-order chi connectivity index (χ0) is 57.5. The molecule has 4 aromatic rings. The minimum atomic E-state index is -0.669. The summed E-state index contributed by atoms with van der Waals surface area (Å²) in [4.78, 5) is 90.3. The Balaban J connectivity index is 0.000000166. The second kappa shape index (κ2) is 24.1. The molecule has 5 aliphatic carbocycles. The lowest BCUT2D eigenvalue weighted by atomic mass is 9.83. The molecule has 0 unspecified atom stereocenters. The number of rotatable bonds is 10. The van der Waals surface area contributed by atoms with E-state index in [0.29, 0.717) is 42.6 Å². The van der Waals surface area contributed by atoms with E-state index in [2.05, 4.69) is 25.5 Å². The minimum absolute atomic E-state index is 0.0352. The summed E-state index contributed by atoms with van der Waals surface area (Å²) in [5, 5.41) is 7.90. The van der Waals surface area contributed by atoms with E-state index >= 15 is 0 Å². The second-order valence-corrected chi connectivity index (χ2v) is 26.8. The Labute approximate surface area is 476 Å². The van der Waals surface area contributed by atoms with Crippen molar-refractivity contribution in [3.63, 3.8) is 0 Å². The first-order valence-corrected chi connectivity index (χ1v) is 30.6. The highest BCUT2D eigenvalue weighted by molar-refractivity contribution is 5.90. The maximum Gasteiger partial charge on any atom is 0.408 e. The van der Waals surface area contributed by atoms with Crippen molar-refractivity contribution in [1.82, 2.24) is 35.3 Å². The maximum absolute atomic E-state index is 14.4. The molecule has 0 bridgehead atoms. The van der Waals surface area contributed by atoms with Crippen LogP contribution in [0.15, 0.2) is 48.8 Å². The number of carbonyl (C=O) groups is 6. The van der Waals surface area contributed by atoms with Crippen molar-refractivity contribution >= 4 is 57.5 Å². The van der Waals surface area contributed by atoms with Crippen LogP contribution in [0, 0.1) is 41.2 Å². The van der Waals surface area contributed by atoms with E-state index < -0.39 is 35.5 Å². The van der Waals surface area contributed by atoms with Crippen LogP contribution in [-0.2, 0) is 28.7 Å². The summed E-state index contributed by atoms with van der Waals surface area (Å²) < 4.78 is 38.8.